The number of amides is 1. The number of carbonyl (C=O) groups excluding carboxylic acids is 1. The van der Waals surface area contributed by atoms with Crippen molar-refractivity contribution >= 4 is 17.2 Å². The van der Waals surface area contributed by atoms with E-state index in [1.807, 2.05) is 18.5 Å². The van der Waals surface area contributed by atoms with Gasteiger partial charge in [-0.1, -0.05) is 0 Å². The highest BCUT2D eigenvalue weighted by Gasteiger charge is 2.26. The van der Waals surface area contributed by atoms with Crippen LogP contribution in [0.2, 0.25) is 0 Å². The van der Waals surface area contributed by atoms with Gasteiger partial charge in [0.15, 0.2) is 0 Å². The van der Waals surface area contributed by atoms with Crippen LogP contribution in [0.3, 0.4) is 0 Å². The van der Waals surface area contributed by atoms with Crippen LogP contribution in [0.25, 0.3) is 0 Å². The summed E-state index contributed by atoms with van der Waals surface area (Å²) in [6.07, 6.45) is 2.07. The van der Waals surface area contributed by atoms with Gasteiger partial charge in [-0.05, 0) is 41.8 Å². The van der Waals surface area contributed by atoms with Crippen molar-refractivity contribution in [2.75, 3.05) is 26.7 Å². The molecule has 2 heterocycles. The molecule has 0 unspecified atom stereocenters. The third kappa shape index (κ3) is 3.31. The van der Waals surface area contributed by atoms with Crippen LogP contribution >= 0.6 is 11.3 Å². The van der Waals surface area contributed by atoms with Gasteiger partial charge in [0.1, 0.15) is 0 Å². The smallest absolute Gasteiger partial charge is 0.236 e. The topological polar surface area (TPSA) is 43.8 Å². The van der Waals surface area contributed by atoms with Gasteiger partial charge in [-0.15, -0.1) is 0 Å². The number of hydrogen-bond donors (Lipinski definition) is 1. The number of aliphatic hydroxyl groups is 1. The molecule has 1 aromatic heterocycles. The maximum Gasteiger partial charge on any atom is 0.236 e. The first kappa shape index (κ1) is 13.5. The predicted octanol–water partition coefficient (Wildman–Crippen LogP) is 1.16. The molecule has 18 heavy (non-hydrogen) atoms. The van der Waals surface area contributed by atoms with Crippen LogP contribution < -0.4 is 0 Å². The van der Waals surface area contributed by atoms with Crippen LogP contribution in [0.5, 0.6) is 0 Å². The molecule has 0 aliphatic carbocycles. The molecule has 1 atom stereocenters. The fourth-order valence-electron chi connectivity index (χ4n) is 2.35. The molecule has 5 heteroatoms. The Morgan fingerprint density at radius 1 is 1.67 bits per heavy atom. The van der Waals surface area contributed by atoms with Crippen LogP contribution in [0.4, 0.5) is 0 Å². The number of hydrogen-bond acceptors (Lipinski definition) is 4. The lowest BCUT2D eigenvalue weighted by Crippen LogP contribution is -2.41. The fourth-order valence-corrected chi connectivity index (χ4v) is 3.01. The Morgan fingerprint density at radius 3 is 3.17 bits per heavy atom. The molecule has 1 aliphatic rings. The summed E-state index contributed by atoms with van der Waals surface area (Å²) in [5, 5.41) is 13.3. The van der Waals surface area contributed by atoms with Crippen molar-refractivity contribution in [1.29, 1.82) is 0 Å². The minimum Gasteiger partial charge on any atom is -0.395 e. The van der Waals surface area contributed by atoms with Gasteiger partial charge in [0, 0.05) is 19.6 Å². The molecule has 1 aromatic rings. The largest absolute Gasteiger partial charge is 0.395 e. The van der Waals surface area contributed by atoms with Crippen LogP contribution in [0.1, 0.15) is 18.4 Å². The average molecular weight is 268 g/mol. The summed E-state index contributed by atoms with van der Waals surface area (Å²) in [6, 6.07) is 2.21. The highest BCUT2D eigenvalue weighted by atomic mass is 32.1. The lowest BCUT2D eigenvalue weighted by molar-refractivity contribution is -0.132. The summed E-state index contributed by atoms with van der Waals surface area (Å²) in [4.78, 5) is 15.9. The number of nitrogens with zero attached hydrogens (tertiary/aromatic N) is 2. The van der Waals surface area contributed by atoms with E-state index in [2.05, 4.69) is 10.3 Å². The van der Waals surface area contributed by atoms with E-state index in [0.717, 1.165) is 19.4 Å². The predicted molar refractivity (Wildman–Crippen MR) is 72.5 cm³/mol. The molecule has 4 nitrogen and oxygen atoms in total. The van der Waals surface area contributed by atoms with Crippen LogP contribution in [-0.4, -0.2) is 53.6 Å². The SMILES string of the molecule is CN(Cc1ccsc1)C(=O)CN1CCC[C@H]1CO. The Labute approximate surface area is 112 Å². The molecule has 0 aromatic carbocycles. The third-order valence-electron chi connectivity index (χ3n) is 3.47. The Kier molecular flexibility index (Phi) is 4.74. The number of likely N-dealkylation sites (N-methyl/N-ethyl adjacent to an activating group) is 1. The second-order valence-electron chi connectivity index (χ2n) is 4.83. The molecule has 1 amide bonds. The van der Waals surface area contributed by atoms with Gasteiger partial charge in [-0.3, -0.25) is 9.69 Å². The van der Waals surface area contributed by atoms with Gasteiger partial charge in [0.2, 0.25) is 5.91 Å². The molecular formula is C13H20N2O2S. The zero-order chi connectivity index (χ0) is 13.0. The summed E-state index contributed by atoms with van der Waals surface area (Å²) in [7, 11) is 1.84. The standard InChI is InChI=1S/C13H20N2O2S/c1-14(7-11-4-6-18-10-11)13(17)8-15-5-2-3-12(15)9-16/h4,6,10,12,16H,2-3,5,7-9H2,1H3/t12-/m0/s1. The van der Waals surface area contributed by atoms with Crippen molar-refractivity contribution in [3.63, 3.8) is 0 Å². The number of rotatable bonds is 5. The van der Waals surface area contributed by atoms with Gasteiger partial charge in [0.05, 0.1) is 13.2 Å². The Bertz CT molecular complexity index is 380. The number of thiophene rings is 1. The van der Waals surface area contributed by atoms with Gasteiger partial charge < -0.3 is 10.0 Å². The minimum atomic E-state index is 0.126. The number of carbonyl (C=O) groups is 1. The van der Waals surface area contributed by atoms with Gasteiger partial charge in [0.25, 0.3) is 0 Å². The van der Waals surface area contributed by atoms with E-state index in [1.165, 1.54) is 5.56 Å². The van der Waals surface area contributed by atoms with Gasteiger partial charge in [-0.2, -0.15) is 11.3 Å². The Balaban J connectivity index is 1.83. The minimum absolute atomic E-state index is 0.126. The molecule has 0 bridgehead atoms. The molecule has 0 saturated carbocycles. The summed E-state index contributed by atoms with van der Waals surface area (Å²) < 4.78 is 0. The summed E-state index contributed by atoms with van der Waals surface area (Å²) >= 11 is 1.65. The number of aliphatic hydroxyl groups excluding tert-OH is 1. The Hall–Kier alpha value is -0.910. The third-order valence-corrected chi connectivity index (χ3v) is 4.21. The van der Waals surface area contributed by atoms with E-state index in [1.54, 1.807) is 16.2 Å². The second-order valence-corrected chi connectivity index (χ2v) is 5.61. The first-order chi connectivity index (χ1) is 8.70. The van der Waals surface area contributed by atoms with Crippen molar-refractivity contribution in [2.24, 2.45) is 0 Å². The van der Waals surface area contributed by atoms with E-state index < -0.39 is 0 Å². The monoisotopic (exact) mass is 268 g/mol. The summed E-state index contributed by atoms with van der Waals surface area (Å²) in [6.45, 7) is 2.16. The zero-order valence-electron chi connectivity index (χ0n) is 10.7. The summed E-state index contributed by atoms with van der Waals surface area (Å²) in [5.74, 6) is 0.126. The molecular weight excluding hydrogens is 248 g/mol. The zero-order valence-corrected chi connectivity index (χ0v) is 11.5. The van der Waals surface area contributed by atoms with E-state index in [9.17, 15) is 9.90 Å². The maximum absolute atomic E-state index is 12.1. The van der Waals surface area contributed by atoms with Crippen LogP contribution in [0, 0.1) is 0 Å². The van der Waals surface area contributed by atoms with Crippen LogP contribution in [0.15, 0.2) is 16.8 Å². The molecule has 2 rings (SSSR count). The van der Waals surface area contributed by atoms with Crippen LogP contribution in [-0.2, 0) is 11.3 Å². The molecule has 100 valence electrons. The highest BCUT2D eigenvalue weighted by molar-refractivity contribution is 7.07. The van der Waals surface area contributed by atoms with Gasteiger partial charge >= 0.3 is 0 Å². The first-order valence-corrected chi connectivity index (χ1v) is 7.25. The fraction of sp³-hybridized carbons (Fsp3) is 0.615. The first-order valence-electron chi connectivity index (χ1n) is 6.30. The van der Waals surface area contributed by atoms with Crippen molar-refractivity contribution in [3.8, 4) is 0 Å². The second kappa shape index (κ2) is 6.31. The van der Waals surface area contributed by atoms with Crippen molar-refractivity contribution < 1.29 is 9.90 Å². The van der Waals surface area contributed by atoms with E-state index in [-0.39, 0.29) is 18.6 Å². The summed E-state index contributed by atoms with van der Waals surface area (Å²) in [5.41, 5.74) is 1.18. The van der Waals surface area contributed by atoms with E-state index >= 15 is 0 Å². The maximum atomic E-state index is 12.1. The number of likely N-dealkylation sites (tertiary alicyclic amines) is 1. The van der Waals surface area contributed by atoms with E-state index in [4.69, 9.17) is 0 Å². The quantitative estimate of drug-likeness (QED) is 0.871. The molecule has 1 N–H and O–H groups in total. The van der Waals surface area contributed by atoms with Crippen molar-refractivity contribution in [1.82, 2.24) is 9.80 Å². The average Bonchev–Trinajstić information content (AvgIpc) is 2.99. The normalized spacial score (nSPS) is 20.2. The van der Waals surface area contributed by atoms with E-state index in [0.29, 0.717) is 13.1 Å². The van der Waals surface area contributed by atoms with Gasteiger partial charge in [-0.25, -0.2) is 0 Å². The van der Waals surface area contributed by atoms with Crippen molar-refractivity contribution in [3.05, 3.63) is 22.4 Å². The molecule has 1 fully saturated rings. The van der Waals surface area contributed by atoms with Crippen molar-refractivity contribution in [2.45, 2.75) is 25.4 Å². The molecule has 0 spiro atoms. The molecule has 1 aliphatic heterocycles. The molecule has 0 radical (unpaired) electrons. The lowest BCUT2D eigenvalue weighted by Gasteiger charge is -2.25. The highest BCUT2D eigenvalue weighted by Crippen LogP contribution is 2.16. The Morgan fingerprint density at radius 2 is 2.50 bits per heavy atom. The molecule has 1 saturated heterocycles. The lowest BCUT2D eigenvalue weighted by atomic mass is 10.2.